The van der Waals surface area contributed by atoms with Crippen molar-refractivity contribution in [2.45, 2.75) is 32.1 Å². The minimum absolute atomic E-state index is 0.657. The quantitative estimate of drug-likeness (QED) is 0.404. The molecule has 0 rings (SSSR count). The molecule has 0 aromatic rings. The zero-order valence-electron chi connectivity index (χ0n) is 15.2. The fourth-order valence-corrected chi connectivity index (χ4v) is 4.89. The maximum absolute atomic E-state index is 6.17. The molecule has 0 aromatic heterocycles. The van der Waals surface area contributed by atoms with Crippen molar-refractivity contribution >= 4 is 17.5 Å². The number of nitrogens with one attached hydrogen (secondary N) is 1. The number of nitrogens with zero attached hydrogens (tertiary/aromatic N) is 2. The van der Waals surface area contributed by atoms with Crippen LogP contribution in [-0.4, -0.2) is 88.4 Å². The van der Waals surface area contributed by atoms with E-state index in [0.717, 1.165) is 45.3 Å². The number of hydrogen-bond donors (Lipinski definition) is 1. The fraction of sp³-hybridized carbons (Fsp3) is 1.00. The van der Waals surface area contributed by atoms with Gasteiger partial charge in [0.05, 0.1) is 0 Å². The fourth-order valence-electron chi connectivity index (χ4n) is 1.87. The van der Waals surface area contributed by atoms with Crippen molar-refractivity contribution in [1.29, 1.82) is 0 Å². The van der Waals surface area contributed by atoms with Gasteiger partial charge in [0, 0.05) is 26.3 Å². The molecular weight excluding hydrogens is 298 g/mol. The Morgan fingerprint density at radius 3 is 1.81 bits per heavy atom. The molecule has 0 heterocycles. The van der Waals surface area contributed by atoms with Crippen molar-refractivity contribution in [2.24, 2.45) is 0 Å². The molecule has 0 amide bonds. The molecule has 0 aromatic carbocycles. The van der Waals surface area contributed by atoms with Gasteiger partial charge < -0.3 is 23.6 Å². The first-order chi connectivity index (χ1) is 9.75. The van der Waals surface area contributed by atoms with Crippen LogP contribution in [0.2, 0.25) is 25.7 Å². The van der Waals surface area contributed by atoms with Crippen LogP contribution in [0.3, 0.4) is 0 Å². The Hall–Kier alpha value is 0.234. The zero-order chi connectivity index (χ0) is 16.3. The highest BCUT2D eigenvalue weighted by Crippen LogP contribution is 2.15. The van der Waals surface area contributed by atoms with E-state index in [2.05, 4.69) is 62.6 Å². The van der Waals surface area contributed by atoms with E-state index in [1.165, 1.54) is 0 Å². The molecule has 0 bridgehead atoms. The van der Waals surface area contributed by atoms with Gasteiger partial charge in [-0.05, 0) is 53.7 Å². The van der Waals surface area contributed by atoms with Gasteiger partial charge in [0.2, 0.25) is 0 Å². The van der Waals surface area contributed by atoms with Gasteiger partial charge in [-0.3, -0.25) is 0 Å². The molecule has 0 saturated heterocycles. The van der Waals surface area contributed by atoms with Gasteiger partial charge >= 0.3 is 8.56 Å². The Kier molecular flexibility index (Phi) is 11.9. The Morgan fingerprint density at radius 2 is 1.43 bits per heavy atom. The van der Waals surface area contributed by atoms with E-state index < -0.39 is 17.5 Å². The summed E-state index contributed by atoms with van der Waals surface area (Å²) in [4.78, 5) is 7.91. The van der Waals surface area contributed by atoms with Crippen LogP contribution in [0.4, 0.5) is 0 Å². The molecule has 1 N–H and O–H groups in total. The number of likely N-dealkylation sites (N-methyl/N-ethyl adjacent to an activating group) is 2. The van der Waals surface area contributed by atoms with Gasteiger partial charge in [-0.25, -0.2) is 0 Å². The molecule has 0 spiro atoms. The highest BCUT2D eigenvalue weighted by atomic mass is 28.4. The third-order valence-corrected chi connectivity index (χ3v) is 7.25. The third kappa shape index (κ3) is 13.6. The summed E-state index contributed by atoms with van der Waals surface area (Å²) in [7, 11) is 5.61. The first-order valence-electron chi connectivity index (χ1n) is 8.06. The van der Waals surface area contributed by atoms with Crippen LogP contribution in [-0.2, 0) is 8.85 Å². The summed E-state index contributed by atoms with van der Waals surface area (Å²) in [6.07, 6.45) is 1.15. The first-order valence-corrected chi connectivity index (χ1v) is 13.5. The average molecular weight is 336 g/mol. The normalized spacial score (nSPS) is 12.9. The van der Waals surface area contributed by atoms with Gasteiger partial charge in [-0.1, -0.05) is 13.1 Å². The topological polar surface area (TPSA) is 37.0 Å². The van der Waals surface area contributed by atoms with Crippen molar-refractivity contribution in [3.8, 4) is 0 Å². The van der Waals surface area contributed by atoms with Crippen molar-refractivity contribution in [3.63, 3.8) is 0 Å². The molecule has 128 valence electrons. The van der Waals surface area contributed by atoms with Crippen molar-refractivity contribution < 1.29 is 8.85 Å². The second kappa shape index (κ2) is 11.8. The first kappa shape index (κ1) is 21.2. The van der Waals surface area contributed by atoms with Gasteiger partial charge in [-0.15, -0.1) is 0 Å². The second-order valence-corrected chi connectivity index (χ2v) is 12.7. The molecule has 5 nitrogen and oxygen atoms in total. The summed E-state index contributed by atoms with van der Waals surface area (Å²) in [5, 5.41) is 0. The van der Waals surface area contributed by atoms with E-state index in [0.29, 0.717) is 0 Å². The Morgan fingerprint density at radius 1 is 0.952 bits per heavy atom. The molecule has 0 atom stereocenters. The van der Waals surface area contributed by atoms with Gasteiger partial charge in [0.1, 0.15) is 8.96 Å². The summed E-state index contributed by atoms with van der Waals surface area (Å²) in [5.41, 5.74) is 0. The number of hydrogen-bond acceptors (Lipinski definition) is 5. The highest BCUT2D eigenvalue weighted by molar-refractivity contribution is 6.66. The maximum Gasteiger partial charge on any atom is 0.335 e. The van der Waals surface area contributed by atoms with Crippen LogP contribution in [0, 0.1) is 0 Å². The smallest absolute Gasteiger partial charge is 0.335 e. The van der Waals surface area contributed by atoms with Crippen LogP contribution in [0.1, 0.15) is 6.42 Å². The molecule has 7 heteroatoms. The standard InChI is InChI=1S/C14H37N3O2Si2/c1-16(2)10-12-18-21(7,19-13-11-17(3)4)14-8-9-15-20(5)6/h15,20H,8-14H2,1-7H3. The van der Waals surface area contributed by atoms with E-state index in [-0.39, 0.29) is 0 Å². The summed E-state index contributed by atoms with van der Waals surface area (Å²) >= 11 is 0. The largest absolute Gasteiger partial charge is 0.393 e. The van der Waals surface area contributed by atoms with E-state index in [1.54, 1.807) is 0 Å². The van der Waals surface area contributed by atoms with Gasteiger partial charge in [-0.2, -0.15) is 0 Å². The molecule has 0 radical (unpaired) electrons. The second-order valence-electron chi connectivity index (χ2n) is 6.65. The maximum atomic E-state index is 6.17. The van der Waals surface area contributed by atoms with Crippen LogP contribution in [0.5, 0.6) is 0 Å². The van der Waals surface area contributed by atoms with E-state index in [4.69, 9.17) is 8.85 Å². The lowest BCUT2D eigenvalue weighted by Crippen LogP contribution is -2.43. The van der Waals surface area contributed by atoms with E-state index in [9.17, 15) is 0 Å². The van der Waals surface area contributed by atoms with Crippen LogP contribution >= 0.6 is 0 Å². The summed E-state index contributed by atoms with van der Waals surface area (Å²) in [6.45, 7) is 11.4. The lowest BCUT2D eigenvalue weighted by Gasteiger charge is -2.28. The third-order valence-electron chi connectivity index (χ3n) is 3.25. The van der Waals surface area contributed by atoms with Crippen molar-refractivity contribution in [1.82, 2.24) is 14.8 Å². The highest BCUT2D eigenvalue weighted by Gasteiger charge is 2.30. The van der Waals surface area contributed by atoms with E-state index in [1.807, 2.05) is 0 Å². The molecule has 0 aliphatic rings. The molecule has 0 fully saturated rings. The molecule has 0 saturated carbocycles. The van der Waals surface area contributed by atoms with Crippen LogP contribution in [0.25, 0.3) is 0 Å². The molecule has 0 unspecified atom stereocenters. The Bertz CT molecular complexity index is 240. The SMILES string of the molecule is CN(C)CCO[Si](C)(CCCN[SiH](C)C)OCCN(C)C. The minimum atomic E-state index is -2.03. The average Bonchev–Trinajstić information content (AvgIpc) is 2.33. The lowest BCUT2D eigenvalue weighted by molar-refractivity contribution is 0.149. The monoisotopic (exact) mass is 335 g/mol. The Balaban J connectivity index is 4.16. The predicted molar refractivity (Wildman–Crippen MR) is 96.9 cm³/mol. The van der Waals surface area contributed by atoms with E-state index >= 15 is 0 Å². The van der Waals surface area contributed by atoms with Crippen molar-refractivity contribution in [2.75, 3.05) is 61.0 Å². The molecule has 0 aliphatic heterocycles. The summed E-state index contributed by atoms with van der Waals surface area (Å²) < 4.78 is 12.3. The summed E-state index contributed by atoms with van der Waals surface area (Å²) in [6, 6.07) is 1.07. The molecule has 0 aliphatic carbocycles. The van der Waals surface area contributed by atoms with Crippen molar-refractivity contribution in [3.05, 3.63) is 0 Å². The van der Waals surface area contributed by atoms with Gasteiger partial charge in [0.15, 0.2) is 0 Å². The summed E-state index contributed by atoms with van der Waals surface area (Å²) in [5.74, 6) is 0. The minimum Gasteiger partial charge on any atom is -0.393 e. The van der Waals surface area contributed by atoms with Crippen LogP contribution < -0.4 is 4.98 Å². The lowest BCUT2D eigenvalue weighted by atomic mass is 10.5. The molecule has 21 heavy (non-hydrogen) atoms. The number of rotatable bonds is 13. The zero-order valence-corrected chi connectivity index (χ0v) is 17.4. The molecular formula is C14H37N3O2Si2. The van der Waals surface area contributed by atoms with Crippen LogP contribution in [0.15, 0.2) is 0 Å². The Labute approximate surface area is 134 Å². The van der Waals surface area contributed by atoms with Gasteiger partial charge in [0.25, 0.3) is 0 Å². The predicted octanol–water partition coefficient (Wildman–Crippen LogP) is 1.18.